The monoisotopic (exact) mass is 620 g/mol. The number of rotatable bonds is 7. The quantitative estimate of drug-likeness (QED) is 0.267. The second-order valence-electron chi connectivity index (χ2n) is 9.66. The zero-order valence-electron chi connectivity index (χ0n) is 21.2. The molecule has 2 aromatic heterocycles. The van der Waals surface area contributed by atoms with E-state index >= 15 is 0 Å². The molecule has 41 heavy (non-hydrogen) atoms. The molecule has 6 rings (SSSR count). The Hall–Kier alpha value is -3.53. The van der Waals surface area contributed by atoms with Gasteiger partial charge in [-0.1, -0.05) is 40.9 Å². The van der Waals surface area contributed by atoms with Crippen LogP contribution in [0.5, 0.6) is 5.75 Å². The van der Waals surface area contributed by atoms with Crippen LogP contribution >= 0.6 is 34.8 Å². The largest absolute Gasteiger partial charge is 0.487 e. The van der Waals surface area contributed by atoms with Crippen LogP contribution in [-0.2, 0) is 21.8 Å². The maximum absolute atomic E-state index is 14.1. The number of hydrogen-bond donors (Lipinski definition) is 1. The number of ether oxygens (including phenoxy) is 1. The van der Waals surface area contributed by atoms with Crippen LogP contribution in [-0.4, -0.2) is 39.1 Å². The Bertz CT molecular complexity index is 1610. The first-order chi connectivity index (χ1) is 19.6. The van der Waals surface area contributed by atoms with Crippen LogP contribution in [0.15, 0.2) is 54.9 Å². The lowest BCUT2D eigenvalue weighted by molar-refractivity contribution is -0.191. The van der Waals surface area contributed by atoms with Crippen molar-refractivity contribution in [3.63, 3.8) is 0 Å². The van der Waals surface area contributed by atoms with E-state index < -0.39 is 17.2 Å². The summed E-state index contributed by atoms with van der Waals surface area (Å²) in [4.78, 5) is 22.0. The van der Waals surface area contributed by atoms with Crippen LogP contribution < -0.4 is 9.64 Å². The smallest absolute Gasteiger partial charge is 0.373 e. The second kappa shape index (κ2) is 11.8. The van der Waals surface area contributed by atoms with Crippen molar-refractivity contribution in [1.29, 1.82) is 0 Å². The van der Waals surface area contributed by atoms with Gasteiger partial charge in [0, 0.05) is 17.3 Å². The van der Waals surface area contributed by atoms with Crippen molar-refractivity contribution < 1.29 is 28.2 Å². The van der Waals surface area contributed by atoms with Crippen LogP contribution in [0, 0.1) is 11.6 Å². The summed E-state index contributed by atoms with van der Waals surface area (Å²) in [5.74, 6) is 0.0634. The fourth-order valence-electron chi connectivity index (χ4n) is 4.83. The summed E-state index contributed by atoms with van der Waals surface area (Å²) < 4.78 is 35.5. The lowest BCUT2D eigenvalue weighted by Gasteiger charge is -2.47. The molecule has 0 unspecified atom stereocenters. The molecule has 1 saturated carbocycles. The van der Waals surface area contributed by atoms with Crippen LogP contribution in [0.1, 0.15) is 35.6 Å². The van der Waals surface area contributed by atoms with Gasteiger partial charge in [0.15, 0.2) is 11.6 Å². The van der Waals surface area contributed by atoms with Gasteiger partial charge < -0.3 is 14.7 Å². The number of benzene rings is 2. The van der Waals surface area contributed by atoms with Crippen molar-refractivity contribution >= 4 is 46.8 Å². The Morgan fingerprint density at radius 2 is 1.73 bits per heavy atom. The highest BCUT2D eigenvalue weighted by Crippen LogP contribution is 2.44. The Morgan fingerprint density at radius 1 is 1.05 bits per heavy atom. The first-order valence-corrected chi connectivity index (χ1v) is 13.5. The van der Waals surface area contributed by atoms with Gasteiger partial charge in [0.25, 0.3) is 0 Å². The van der Waals surface area contributed by atoms with E-state index in [0.29, 0.717) is 27.9 Å². The first kappa shape index (κ1) is 29.0. The van der Waals surface area contributed by atoms with Crippen molar-refractivity contribution in [3.8, 4) is 11.4 Å². The summed E-state index contributed by atoms with van der Waals surface area (Å²) in [5.41, 5.74) is 1.44. The molecule has 4 aromatic rings. The van der Waals surface area contributed by atoms with Gasteiger partial charge in [0.05, 0.1) is 40.0 Å². The molecule has 8 nitrogen and oxygen atoms in total. The standard InChI is InChI=1S/C27H21Cl3F2N4O2.CO2/c28-20-10-17(5-6-19(20)27(37)13-35(14-27)26-23(32)2-1-7-33-26)38-12-24-18(15-3-4-15)11-34-36(24)25-21(29)8-16(31)9-22(25)30;2-1-3/h1-2,5-11,15,37H,3-4,12-14H2;. The predicted octanol–water partition coefficient (Wildman–Crippen LogP) is 6.09. The molecular weight excluding hydrogens is 601 g/mol. The highest BCUT2D eigenvalue weighted by atomic mass is 35.5. The Morgan fingerprint density at radius 3 is 2.34 bits per heavy atom. The molecule has 0 radical (unpaired) electrons. The lowest BCUT2D eigenvalue weighted by atomic mass is 9.86. The first-order valence-electron chi connectivity index (χ1n) is 12.4. The van der Waals surface area contributed by atoms with E-state index in [2.05, 4.69) is 10.1 Å². The molecular formula is C28H21Cl3F2N4O4. The van der Waals surface area contributed by atoms with Gasteiger partial charge in [-0.15, -0.1) is 0 Å². The Labute approximate surface area is 248 Å². The second-order valence-corrected chi connectivity index (χ2v) is 10.9. The van der Waals surface area contributed by atoms with E-state index in [0.717, 1.165) is 24.1 Å². The fourth-order valence-corrected chi connectivity index (χ4v) is 5.79. The molecule has 0 amide bonds. The third-order valence-corrected chi connectivity index (χ3v) is 7.76. The SMILES string of the molecule is O=C=O.OC1(c2ccc(OCc3c(C4CC4)cnn3-c3c(Cl)cc(F)cc3Cl)cc2Cl)CN(c2ncccc2F)C1. The molecule has 0 bridgehead atoms. The molecule has 0 atom stereocenters. The zero-order chi connectivity index (χ0) is 29.3. The van der Waals surface area contributed by atoms with Gasteiger partial charge in [-0.2, -0.15) is 14.7 Å². The van der Waals surface area contributed by atoms with Gasteiger partial charge in [-0.3, -0.25) is 0 Å². The van der Waals surface area contributed by atoms with Crippen molar-refractivity contribution in [3.05, 3.63) is 98.4 Å². The Balaban J connectivity index is 0.00000108. The van der Waals surface area contributed by atoms with Crippen molar-refractivity contribution in [2.75, 3.05) is 18.0 Å². The molecule has 1 saturated heterocycles. The third-order valence-electron chi connectivity index (χ3n) is 6.87. The lowest BCUT2D eigenvalue weighted by Crippen LogP contribution is -2.60. The average molecular weight is 622 g/mol. The number of anilines is 1. The summed E-state index contributed by atoms with van der Waals surface area (Å²) in [6, 6.07) is 10.3. The van der Waals surface area contributed by atoms with Gasteiger partial charge in [0.2, 0.25) is 0 Å². The fraction of sp³-hybridized carbons (Fsp3) is 0.250. The average Bonchev–Trinajstić information content (AvgIpc) is 3.66. The summed E-state index contributed by atoms with van der Waals surface area (Å²) in [6.45, 7) is 0.455. The van der Waals surface area contributed by atoms with E-state index in [1.54, 1.807) is 34.0 Å². The van der Waals surface area contributed by atoms with E-state index in [1.165, 1.54) is 30.5 Å². The minimum atomic E-state index is -1.24. The molecule has 1 N–H and O–H groups in total. The van der Waals surface area contributed by atoms with Gasteiger partial charge in [-0.05, 0) is 55.2 Å². The van der Waals surface area contributed by atoms with Gasteiger partial charge in [-0.25, -0.2) is 18.4 Å². The topological polar surface area (TPSA) is 97.6 Å². The molecule has 0 spiro atoms. The molecule has 1 aliphatic heterocycles. The minimum absolute atomic E-state index is 0.141. The summed E-state index contributed by atoms with van der Waals surface area (Å²) in [6.07, 6.45) is 5.61. The van der Waals surface area contributed by atoms with E-state index in [1.807, 2.05) is 0 Å². The number of pyridine rings is 1. The van der Waals surface area contributed by atoms with Crippen LogP contribution in [0.3, 0.4) is 0 Å². The van der Waals surface area contributed by atoms with Crippen LogP contribution in [0.25, 0.3) is 5.69 Å². The highest BCUT2D eigenvalue weighted by Gasteiger charge is 2.45. The van der Waals surface area contributed by atoms with Crippen LogP contribution in [0.2, 0.25) is 15.1 Å². The van der Waals surface area contributed by atoms with Crippen molar-refractivity contribution in [1.82, 2.24) is 14.8 Å². The van der Waals surface area contributed by atoms with E-state index in [-0.39, 0.29) is 41.7 Å². The number of aliphatic hydroxyl groups is 1. The third kappa shape index (κ3) is 5.93. The van der Waals surface area contributed by atoms with Gasteiger partial charge >= 0.3 is 6.15 Å². The normalized spacial score (nSPS) is 15.4. The molecule has 2 fully saturated rings. The number of β-amino-alcohol motifs (C(OH)–C–C–N with tert-alkyl or cyclic N) is 1. The maximum Gasteiger partial charge on any atom is 0.373 e. The summed E-state index contributed by atoms with van der Waals surface area (Å²) in [5, 5.41) is 16.2. The van der Waals surface area contributed by atoms with E-state index in [4.69, 9.17) is 49.1 Å². The predicted molar refractivity (Wildman–Crippen MR) is 147 cm³/mol. The Kier molecular flexibility index (Phi) is 8.31. The number of nitrogens with zero attached hydrogens (tertiary/aromatic N) is 4. The molecule has 2 aromatic carbocycles. The van der Waals surface area contributed by atoms with Crippen molar-refractivity contribution in [2.24, 2.45) is 0 Å². The molecule has 3 heterocycles. The zero-order valence-corrected chi connectivity index (χ0v) is 23.4. The number of carbonyl (C=O) groups excluding carboxylic acids is 2. The highest BCUT2D eigenvalue weighted by molar-refractivity contribution is 6.37. The molecule has 2 aliphatic rings. The van der Waals surface area contributed by atoms with Crippen molar-refractivity contribution in [2.45, 2.75) is 31.0 Å². The molecule has 1 aliphatic carbocycles. The summed E-state index contributed by atoms with van der Waals surface area (Å²) in [7, 11) is 0. The molecule has 13 heteroatoms. The maximum atomic E-state index is 14.1. The number of aromatic nitrogens is 3. The summed E-state index contributed by atoms with van der Waals surface area (Å²) >= 11 is 19.2. The van der Waals surface area contributed by atoms with E-state index in [9.17, 15) is 13.9 Å². The van der Waals surface area contributed by atoms with Gasteiger partial charge in [0.1, 0.15) is 29.5 Å². The number of hydrogen-bond acceptors (Lipinski definition) is 7. The molecule has 212 valence electrons. The van der Waals surface area contributed by atoms with Crippen LogP contribution in [0.4, 0.5) is 14.6 Å². The number of halogens is 5. The minimum Gasteiger partial charge on any atom is -0.487 e.